The Kier molecular flexibility index (Phi) is 11.7. The fraction of sp³-hybridized carbons (Fsp3) is 0.909. The Morgan fingerprint density at radius 3 is 2.80 bits per heavy atom. The van der Waals surface area contributed by atoms with Crippen LogP contribution in [0.25, 0.3) is 0 Å². The molecule has 0 aliphatic carbocycles. The molecule has 0 heterocycles. The number of esters is 1. The molecule has 0 spiro atoms. The lowest BCUT2D eigenvalue weighted by Crippen LogP contribution is -2.25. The maximum atomic E-state index is 11.1. The van der Waals surface area contributed by atoms with E-state index in [2.05, 4.69) is 18.5 Å². The molecule has 90 valence electrons. The number of unbranched alkanes of at least 4 members (excludes halogenated alkanes) is 2. The van der Waals surface area contributed by atoms with Crippen LogP contribution in [0.3, 0.4) is 0 Å². The van der Waals surface area contributed by atoms with Crippen LogP contribution in [-0.2, 0) is 9.53 Å². The largest absolute Gasteiger partial charge is 0.465 e. The SMILES string of the molecule is CCCCOC(=O)CNCCCCSC. The average molecular weight is 233 g/mol. The van der Waals surface area contributed by atoms with Crippen LogP contribution in [0.1, 0.15) is 32.6 Å². The van der Waals surface area contributed by atoms with Gasteiger partial charge < -0.3 is 10.1 Å². The summed E-state index contributed by atoms with van der Waals surface area (Å²) in [6.07, 6.45) is 6.47. The number of nitrogens with one attached hydrogen (secondary N) is 1. The van der Waals surface area contributed by atoms with Gasteiger partial charge in [0.15, 0.2) is 0 Å². The van der Waals surface area contributed by atoms with Gasteiger partial charge in [-0.05, 0) is 37.8 Å². The lowest BCUT2D eigenvalue weighted by atomic mass is 10.3. The minimum Gasteiger partial charge on any atom is -0.465 e. The average Bonchev–Trinajstić information content (AvgIpc) is 2.23. The Hall–Kier alpha value is -0.220. The molecule has 0 fully saturated rings. The van der Waals surface area contributed by atoms with Crippen molar-refractivity contribution in [3.8, 4) is 0 Å². The predicted octanol–water partition coefficient (Wildman–Crippen LogP) is 2.06. The van der Waals surface area contributed by atoms with E-state index in [-0.39, 0.29) is 5.97 Å². The second-order valence-electron chi connectivity index (χ2n) is 3.45. The number of hydrogen-bond acceptors (Lipinski definition) is 4. The molecule has 0 aromatic heterocycles. The van der Waals surface area contributed by atoms with Crippen molar-refractivity contribution in [1.29, 1.82) is 0 Å². The van der Waals surface area contributed by atoms with E-state index in [4.69, 9.17) is 4.74 Å². The number of rotatable bonds is 10. The van der Waals surface area contributed by atoms with Crippen LogP contribution in [0.4, 0.5) is 0 Å². The van der Waals surface area contributed by atoms with Crippen molar-refractivity contribution in [3.05, 3.63) is 0 Å². The molecule has 0 aliphatic heterocycles. The van der Waals surface area contributed by atoms with Crippen LogP contribution >= 0.6 is 11.8 Å². The Morgan fingerprint density at radius 1 is 1.33 bits per heavy atom. The van der Waals surface area contributed by atoms with Gasteiger partial charge in [-0.25, -0.2) is 0 Å². The van der Waals surface area contributed by atoms with E-state index in [0.717, 1.165) is 25.8 Å². The second-order valence-corrected chi connectivity index (χ2v) is 4.44. The van der Waals surface area contributed by atoms with Gasteiger partial charge in [0.1, 0.15) is 0 Å². The zero-order valence-electron chi connectivity index (χ0n) is 9.88. The summed E-state index contributed by atoms with van der Waals surface area (Å²) in [6.45, 7) is 3.90. The molecule has 0 aliphatic rings. The summed E-state index contributed by atoms with van der Waals surface area (Å²) in [4.78, 5) is 11.1. The summed E-state index contributed by atoms with van der Waals surface area (Å²) in [5.41, 5.74) is 0. The molecule has 0 atom stereocenters. The van der Waals surface area contributed by atoms with Gasteiger partial charge in [-0.2, -0.15) is 11.8 Å². The molecule has 0 saturated heterocycles. The number of hydrogen-bond donors (Lipinski definition) is 1. The molecule has 0 radical (unpaired) electrons. The molecule has 0 amide bonds. The second kappa shape index (κ2) is 11.9. The van der Waals surface area contributed by atoms with E-state index in [1.54, 1.807) is 0 Å². The summed E-state index contributed by atoms with van der Waals surface area (Å²) in [5.74, 6) is 1.07. The molecule has 0 aromatic rings. The Bertz CT molecular complexity index is 154. The van der Waals surface area contributed by atoms with Gasteiger partial charge in [0.05, 0.1) is 13.2 Å². The van der Waals surface area contributed by atoms with Crippen LogP contribution < -0.4 is 5.32 Å². The van der Waals surface area contributed by atoms with Crippen molar-refractivity contribution >= 4 is 17.7 Å². The Morgan fingerprint density at radius 2 is 2.13 bits per heavy atom. The minimum absolute atomic E-state index is 0.131. The lowest BCUT2D eigenvalue weighted by molar-refractivity contribution is -0.142. The third-order valence-corrected chi connectivity index (χ3v) is 2.68. The highest BCUT2D eigenvalue weighted by Gasteiger charge is 2.00. The van der Waals surface area contributed by atoms with Crippen molar-refractivity contribution in [2.24, 2.45) is 0 Å². The first-order chi connectivity index (χ1) is 7.31. The van der Waals surface area contributed by atoms with Crippen LogP contribution in [0.2, 0.25) is 0 Å². The van der Waals surface area contributed by atoms with Crippen molar-refractivity contribution in [3.63, 3.8) is 0 Å². The lowest BCUT2D eigenvalue weighted by Gasteiger charge is -2.05. The number of carbonyl (C=O) groups is 1. The van der Waals surface area contributed by atoms with E-state index < -0.39 is 0 Å². The maximum absolute atomic E-state index is 11.1. The highest BCUT2D eigenvalue weighted by molar-refractivity contribution is 7.98. The molecule has 0 bridgehead atoms. The third kappa shape index (κ3) is 11.7. The van der Waals surface area contributed by atoms with Crippen molar-refractivity contribution in [2.75, 3.05) is 31.7 Å². The van der Waals surface area contributed by atoms with E-state index in [1.807, 2.05) is 11.8 Å². The van der Waals surface area contributed by atoms with Gasteiger partial charge >= 0.3 is 5.97 Å². The summed E-state index contributed by atoms with van der Waals surface area (Å²) in [7, 11) is 0. The molecule has 0 unspecified atom stereocenters. The van der Waals surface area contributed by atoms with E-state index in [9.17, 15) is 4.79 Å². The normalized spacial score (nSPS) is 10.3. The Balaban J connectivity index is 3.10. The van der Waals surface area contributed by atoms with Crippen molar-refractivity contribution in [2.45, 2.75) is 32.6 Å². The van der Waals surface area contributed by atoms with E-state index >= 15 is 0 Å². The van der Waals surface area contributed by atoms with Gasteiger partial charge in [0.25, 0.3) is 0 Å². The standard InChI is InChI=1S/C11H23NO2S/c1-3-4-8-14-11(13)10-12-7-5-6-9-15-2/h12H,3-10H2,1-2H3. The molecule has 0 saturated carbocycles. The monoisotopic (exact) mass is 233 g/mol. The van der Waals surface area contributed by atoms with E-state index in [1.165, 1.54) is 12.2 Å². The quantitative estimate of drug-likeness (QED) is 0.463. The molecule has 1 N–H and O–H groups in total. The van der Waals surface area contributed by atoms with Gasteiger partial charge in [-0.3, -0.25) is 4.79 Å². The zero-order valence-corrected chi connectivity index (χ0v) is 10.7. The van der Waals surface area contributed by atoms with Crippen LogP contribution in [-0.4, -0.2) is 37.7 Å². The molecule has 15 heavy (non-hydrogen) atoms. The Labute approximate surface area is 97.3 Å². The fourth-order valence-electron chi connectivity index (χ4n) is 1.07. The summed E-state index contributed by atoms with van der Waals surface area (Å²) < 4.78 is 5.00. The summed E-state index contributed by atoms with van der Waals surface area (Å²) >= 11 is 1.86. The van der Waals surface area contributed by atoms with Gasteiger partial charge in [0.2, 0.25) is 0 Å². The minimum atomic E-state index is -0.131. The number of ether oxygens (including phenoxy) is 1. The van der Waals surface area contributed by atoms with Gasteiger partial charge in [0, 0.05) is 0 Å². The van der Waals surface area contributed by atoms with E-state index in [0.29, 0.717) is 13.2 Å². The van der Waals surface area contributed by atoms with Crippen LogP contribution in [0.15, 0.2) is 0 Å². The van der Waals surface area contributed by atoms with Gasteiger partial charge in [-0.1, -0.05) is 13.3 Å². The van der Waals surface area contributed by atoms with Crippen molar-refractivity contribution in [1.82, 2.24) is 5.32 Å². The fourth-order valence-corrected chi connectivity index (χ4v) is 1.56. The van der Waals surface area contributed by atoms with Crippen LogP contribution in [0, 0.1) is 0 Å². The third-order valence-electron chi connectivity index (χ3n) is 1.98. The number of thioether (sulfide) groups is 1. The smallest absolute Gasteiger partial charge is 0.319 e. The molecule has 4 heteroatoms. The van der Waals surface area contributed by atoms with Crippen molar-refractivity contribution < 1.29 is 9.53 Å². The topological polar surface area (TPSA) is 38.3 Å². The highest BCUT2D eigenvalue weighted by Crippen LogP contribution is 1.97. The summed E-state index contributed by atoms with van der Waals surface area (Å²) in [5, 5.41) is 3.09. The first kappa shape index (κ1) is 14.8. The zero-order chi connectivity index (χ0) is 11.4. The maximum Gasteiger partial charge on any atom is 0.319 e. The molecule has 3 nitrogen and oxygen atoms in total. The molecular weight excluding hydrogens is 210 g/mol. The van der Waals surface area contributed by atoms with Gasteiger partial charge in [-0.15, -0.1) is 0 Å². The highest BCUT2D eigenvalue weighted by atomic mass is 32.2. The molecule has 0 rings (SSSR count). The first-order valence-corrected chi connectivity index (χ1v) is 7.06. The number of carbonyl (C=O) groups excluding carboxylic acids is 1. The molecule has 0 aromatic carbocycles. The van der Waals surface area contributed by atoms with Crippen LogP contribution in [0.5, 0.6) is 0 Å². The molecular formula is C11H23NO2S. The predicted molar refractivity (Wildman–Crippen MR) is 66.4 cm³/mol. The first-order valence-electron chi connectivity index (χ1n) is 5.66. The summed E-state index contributed by atoms with van der Waals surface area (Å²) in [6, 6.07) is 0.